The van der Waals surface area contributed by atoms with Gasteiger partial charge in [-0.15, -0.1) is 11.3 Å². The molecule has 0 atom stereocenters. The van der Waals surface area contributed by atoms with Crippen molar-refractivity contribution in [1.29, 1.82) is 5.41 Å². The molecule has 1 aromatic carbocycles. The molecule has 0 bridgehead atoms. The van der Waals surface area contributed by atoms with Crippen LogP contribution in [0.3, 0.4) is 0 Å². The van der Waals surface area contributed by atoms with Crippen molar-refractivity contribution in [3.8, 4) is 11.4 Å². The van der Waals surface area contributed by atoms with Gasteiger partial charge >= 0.3 is 0 Å². The molecule has 36 heavy (non-hydrogen) atoms. The van der Waals surface area contributed by atoms with Gasteiger partial charge < -0.3 is 25.7 Å². The van der Waals surface area contributed by atoms with E-state index >= 15 is 0 Å². The minimum absolute atomic E-state index is 0.565. The predicted molar refractivity (Wildman–Crippen MR) is 149 cm³/mol. The van der Waals surface area contributed by atoms with Crippen LogP contribution >= 0.6 is 11.3 Å². The van der Waals surface area contributed by atoms with E-state index in [2.05, 4.69) is 41.7 Å². The second kappa shape index (κ2) is 10.8. The van der Waals surface area contributed by atoms with Crippen molar-refractivity contribution in [1.82, 2.24) is 19.8 Å². The molecule has 2 aliphatic heterocycles. The number of morpholine rings is 1. The number of anilines is 2. The Balaban J connectivity index is 1.47. The lowest BCUT2D eigenvalue weighted by atomic mass is 10.0. The molecular weight excluding hydrogens is 470 g/mol. The fraction of sp³-hybridized carbons (Fsp3) is 0.519. The van der Waals surface area contributed by atoms with Crippen molar-refractivity contribution in [2.45, 2.75) is 45.3 Å². The Labute approximate surface area is 217 Å². The van der Waals surface area contributed by atoms with Crippen LogP contribution in [-0.4, -0.2) is 84.5 Å². The molecule has 0 amide bonds. The van der Waals surface area contributed by atoms with Gasteiger partial charge in [-0.25, -0.2) is 9.97 Å². The standard InChI is InChI=1S/C27H37N7OS/c1-18(2)33-9-7-19(8-10-33)32(3)17-20-15-24-25(36-20)27(34-11-13-35-14-12-34)31-26(30-24)21-5-4-6-23(29)22(21)16-28/h4-6,15-16,18-19,28H,7-14,17,29H2,1-3H3. The highest BCUT2D eigenvalue weighted by Gasteiger charge is 2.25. The number of piperidine rings is 1. The molecule has 9 heteroatoms. The average Bonchev–Trinajstić information content (AvgIpc) is 3.30. The molecule has 0 radical (unpaired) electrons. The smallest absolute Gasteiger partial charge is 0.162 e. The summed E-state index contributed by atoms with van der Waals surface area (Å²) in [4.78, 5) is 18.7. The molecular formula is C27H37N7OS. The number of thiophene rings is 1. The number of nitrogens with two attached hydrogens (primary N) is 1. The van der Waals surface area contributed by atoms with Crippen molar-refractivity contribution in [2.75, 3.05) is 57.1 Å². The van der Waals surface area contributed by atoms with E-state index in [1.165, 1.54) is 37.0 Å². The summed E-state index contributed by atoms with van der Waals surface area (Å²) in [7, 11) is 2.25. The van der Waals surface area contributed by atoms with Gasteiger partial charge in [-0.1, -0.05) is 12.1 Å². The van der Waals surface area contributed by atoms with Gasteiger partial charge in [0.25, 0.3) is 0 Å². The Morgan fingerprint density at radius 2 is 1.94 bits per heavy atom. The van der Waals surface area contributed by atoms with E-state index in [9.17, 15) is 0 Å². The Morgan fingerprint density at radius 3 is 2.64 bits per heavy atom. The normalized spacial score (nSPS) is 18.0. The average molecular weight is 508 g/mol. The number of hydrogen-bond acceptors (Lipinski definition) is 9. The number of ether oxygens (including phenoxy) is 1. The number of hydrogen-bond donors (Lipinski definition) is 2. The molecule has 2 fully saturated rings. The predicted octanol–water partition coefficient (Wildman–Crippen LogP) is 4.08. The molecule has 0 unspecified atom stereocenters. The topological polar surface area (TPSA) is 94.6 Å². The first-order valence-corrected chi connectivity index (χ1v) is 13.7. The summed E-state index contributed by atoms with van der Waals surface area (Å²) in [5, 5.41) is 7.91. The van der Waals surface area contributed by atoms with Crippen LogP contribution in [0.2, 0.25) is 0 Å². The lowest BCUT2D eigenvalue weighted by molar-refractivity contribution is 0.105. The van der Waals surface area contributed by atoms with Crippen LogP contribution in [0.4, 0.5) is 11.5 Å². The lowest BCUT2D eigenvalue weighted by Crippen LogP contribution is -2.45. The zero-order valence-electron chi connectivity index (χ0n) is 21.5. The Kier molecular flexibility index (Phi) is 7.52. The molecule has 8 nitrogen and oxygen atoms in total. The van der Waals surface area contributed by atoms with Gasteiger partial charge in [-0.2, -0.15) is 0 Å². The number of nitrogens with zero attached hydrogens (tertiary/aromatic N) is 5. The molecule has 5 rings (SSSR count). The summed E-state index contributed by atoms with van der Waals surface area (Å²) in [6.45, 7) is 10.8. The number of rotatable bonds is 7. The third-order valence-electron chi connectivity index (χ3n) is 7.50. The lowest BCUT2D eigenvalue weighted by Gasteiger charge is -2.38. The van der Waals surface area contributed by atoms with Crippen LogP contribution in [0.5, 0.6) is 0 Å². The van der Waals surface area contributed by atoms with E-state index in [4.69, 9.17) is 25.8 Å². The summed E-state index contributed by atoms with van der Waals surface area (Å²) in [6.07, 6.45) is 3.72. The number of nitrogen functional groups attached to an aromatic ring is 1. The maximum atomic E-state index is 7.91. The first kappa shape index (κ1) is 25.1. The van der Waals surface area contributed by atoms with E-state index in [1.807, 2.05) is 18.2 Å². The fourth-order valence-corrected chi connectivity index (χ4v) is 6.49. The van der Waals surface area contributed by atoms with Gasteiger partial charge in [0.15, 0.2) is 11.6 Å². The van der Waals surface area contributed by atoms with E-state index in [0.29, 0.717) is 42.4 Å². The van der Waals surface area contributed by atoms with Gasteiger partial charge in [0.1, 0.15) is 0 Å². The molecule has 2 aromatic heterocycles. The SMILES string of the molecule is CC(C)N1CCC(N(C)Cc2cc3nc(-c4cccc(N)c4C=N)nc(N4CCOCC4)c3s2)CC1. The molecule has 4 heterocycles. The molecule has 0 saturated carbocycles. The molecule has 2 saturated heterocycles. The molecule has 192 valence electrons. The van der Waals surface area contributed by atoms with Crippen molar-refractivity contribution in [3.05, 3.63) is 34.7 Å². The number of aromatic nitrogens is 2. The highest BCUT2D eigenvalue weighted by molar-refractivity contribution is 7.19. The summed E-state index contributed by atoms with van der Waals surface area (Å²) in [5.74, 6) is 1.58. The van der Waals surface area contributed by atoms with Gasteiger partial charge in [0.05, 0.1) is 23.4 Å². The van der Waals surface area contributed by atoms with E-state index in [1.54, 1.807) is 11.3 Å². The van der Waals surface area contributed by atoms with Crippen molar-refractivity contribution in [3.63, 3.8) is 0 Å². The van der Waals surface area contributed by atoms with Gasteiger partial charge in [-0.05, 0) is 59.0 Å². The number of likely N-dealkylation sites (tertiary alicyclic amines) is 1. The van der Waals surface area contributed by atoms with Crippen LogP contribution in [0.25, 0.3) is 21.6 Å². The van der Waals surface area contributed by atoms with Crippen LogP contribution in [0, 0.1) is 5.41 Å². The second-order valence-electron chi connectivity index (χ2n) is 10.1. The minimum atomic E-state index is 0.565. The minimum Gasteiger partial charge on any atom is -0.398 e. The van der Waals surface area contributed by atoms with Gasteiger partial charge in [0.2, 0.25) is 0 Å². The summed E-state index contributed by atoms with van der Waals surface area (Å²) >= 11 is 1.80. The van der Waals surface area contributed by atoms with Crippen LogP contribution in [0.15, 0.2) is 24.3 Å². The Hall–Kier alpha value is -2.59. The number of benzene rings is 1. The van der Waals surface area contributed by atoms with E-state index < -0.39 is 0 Å². The maximum Gasteiger partial charge on any atom is 0.162 e. The molecule has 3 N–H and O–H groups in total. The van der Waals surface area contributed by atoms with Crippen molar-refractivity contribution in [2.24, 2.45) is 0 Å². The number of fused-ring (bicyclic) bond motifs is 1. The molecule has 3 aromatic rings. The highest BCUT2D eigenvalue weighted by atomic mass is 32.1. The van der Waals surface area contributed by atoms with Crippen LogP contribution in [0.1, 0.15) is 37.1 Å². The Bertz CT molecular complexity index is 1210. The summed E-state index contributed by atoms with van der Waals surface area (Å²) in [6, 6.07) is 9.12. The third kappa shape index (κ3) is 5.11. The van der Waals surface area contributed by atoms with Gasteiger partial charge in [-0.3, -0.25) is 4.90 Å². The summed E-state index contributed by atoms with van der Waals surface area (Å²) < 4.78 is 6.73. The first-order valence-electron chi connectivity index (χ1n) is 12.9. The van der Waals surface area contributed by atoms with Crippen LogP contribution in [-0.2, 0) is 11.3 Å². The summed E-state index contributed by atoms with van der Waals surface area (Å²) in [5.41, 5.74) is 9.16. The fourth-order valence-electron chi connectivity index (χ4n) is 5.31. The first-order chi connectivity index (χ1) is 17.4. The largest absolute Gasteiger partial charge is 0.398 e. The quantitative estimate of drug-likeness (QED) is 0.368. The second-order valence-corrected chi connectivity index (χ2v) is 11.3. The zero-order chi connectivity index (χ0) is 25.2. The van der Waals surface area contributed by atoms with E-state index in [0.717, 1.165) is 41.2 Å². The van der Waals surface area contributed by atoms with Crippen molar-refractivity contribution >= 4 is 39.3 Å². The Morgan fingerprint density at radius 1 is 1.19 bits per heavy atom. The number of nitrogens with one attached hydrogen (secondary N) is 1. The maximum absolute atomic E-state index is 7.91. The third-order valence-corrected chi connectivity index (χ3v) is 8.60. The zero-order valence-corrected chi connectivity index (χ0v) is 22.4. The van der Waals surface area contributed by atoms with E-state index in [-0.39, 0.29) is 0 Å². The van der Waals surface area contributed by atoms with Gasteiger partial charge in [0, 0.05) is 59.6 Å². The monoisotopic (exact) mass is 507 g/mol. The molecule has 0 spiro atoms. The van der Waals surface area contributed by atoms with Crippen LogP contribution < -0.4 is 10.6 Å². The molecule has 0 aliphatic carbocycles. The molecule has 2 aliphatic rings. The highest BCUT2D eigenvalue weighted by Crippen LogP contribution is 2.36. The van der Waals surface area contributed by atoms with Crippen molar-refractivity contribution < 1.29 is 4.74 Å².